The summed E-state index contributed by atoms with van der Waals surface area (Å²) >= 11 is 4.39. The molecule has 7 nitrogen and oxygen atoms in total. The van der Waals surface area contributed by atoms with Gasteiger partial charge in [-0.15, -0.1) is 0 Å². The Hall–Kier alpha value is -1.80. The third-order valence-corrected chi connectivity index (χ3v) is 4.45. The van der Waals surface area contributed by atoms with Crippen molar-refractivity contribution in [1.29, 1.82) is 0 Å². The van der Waals surface area contributed by atoms with Crippen LogP contribution in [0.25, 0.3) is 16.6 Å². The molecule has 0 saturated carbocycles. The van der Waals surface area contributed by atoms with Crippen LogP contribution in [0.1, 0.15) is 15.9 Å². The van der Waals surface area contributed by atoms with Crippen molar-refractivity contribution in [3.8, 4) is 5.69 Å². The van der Waals surface area contributed by atoms with Gasteiger partial charge >= 0.3 is 6.18 Å². The molecule has 0 aliphatic rings. The normalized spacial score (nSPS) is 10.8. The number of benzene rings is 2. The summed E-state index contributed by atoms with van der Waals surface area (Å²) in [6, 6.07) is 9.29. The number of hydrogen-bond acceptors (Lipinski definition) is 6. The Bertz CT molecular complexity index is 1050. The van der Waals surface area contributed by atoms with E-state index in [1.807, 2.05) is 0 Å². The third kappa shape index (κ3) is 6.38. The number of nitrogens with zero attached hydrogens (tertiary/aromatic N) is 2. The number of anilines is 2. The number of primary amides is 1. The van der Waals surface area contributed by atoms with Gasteiger partial charge in [0.25, 0.3) is 0 Å². The Kier molecular flexibility index (Phi) is 10.5. The van der Waals surface area contributed by atoms with Gasteiger partial charge in [-0.25, -0.2) is 5.84 Å². The number of ether oxygens (including phenoxy) is 1. The molecule has 0 spiro atoms. The third-order valence-electron chi connectivity index (χ3n) is 4.28. The summed E-state index contributed by atoms with van der Waals surface area (Å²) in [5.74, 6) is 6.00. The Morgan fingerprint density at radius 1 is 1.22 bits per heavy atom. The number of nitrogens with two attached hydrogens (primary N) is 3. The average molecular weight is 685 g/mol. The first kappa shape index (κ1) is 28.2. The van der Waals surface area contributed by atoms with E-state index in [4.69, 9.17) is 17.3 Å². The van der Waals surface area contributed by atoms with Crippen molar-refractivity contribution in [3.05, 3.63) is 60.5 Å². The first-order valence-electron chi connectivity index (χ1n) is 8.87. The maximum absolute atomic E-state index is 12.8. The summed E-state index contributed by atoms with van der Waals surface area (Å²) in [5, 5.41) is 1.78. The van der Waals surface area contributed by atoms with E-state index in [1.54, 1.807) is 17.7 Å². The Morgan fingerprint density at radius 3 is 2.22 bits per heavy atom. The molecule has 0 atom stereocenters. The van der Waals surface area contributed by atoms with Crippen molar-refractivity contribution in [2.75, 3.05) is 30.3 Å². The molecule has 3 aromatic rings. The quantitative estimate of drug-likeness (QED) is 0.165. The number of hydrazine groups is 1. The van der Waals surface area contributed by atoms with Crippen LogP contribution in [0, 0.1) is 39.2 Å². The number of carbonyl (C=O) groups is 1. The van der Waals surface area contributed by atoms with Gasteiger partial charge in [-0.3, -0.25) is 14.4 Å². The second-order valence-corrected chi connectivity index (χ2v) is 6.59. The molecule has 0 bridgehead atoms. The Balaban J connectivity index is 0.000000770. The maximum Gasteiger partial charge on any atom is 0.416 e. The Morgan fingerprint density at radius 2 is 1.81 bits per heavy atom. The van der Waals surface area contributed by atoms with Crippen molar-refractivity contribution in [2.24, 2.45) is 11.6 Å². The fourth-order valence-electron chi connectivity index (χ4n) is 2.92. The van der Waals surface area contributed by atoms with E-state index in [0.717, 1.165) is 12.1 Å². The van der Waals surface area contributed by atoms with Crippen molar-refractivity contribution >= 4 is 40.9 Å². The van der Waals surface area contributed by atoms with Gasteiger partial charge in [-0.2, -0.15) is 13.2 Å². The van der Waals surface area contributed by atoms with Crippen LogP contribution in [0.4, 0.5) is 24.7 Å². The van der Waals surface area contributed by atoms with Crippen LogP contribution in [0.2, 0.25) is 0 Å². The van der Waals surface area contributed by atoms with E-state index >= 15 is 0 Å². The number of aromatic nitrogens is 1. The number of halogens is 3. The minimum atomic E-state index is -4.43. The van der Waals surface area contributed by atoms with Crippen molar-refractivity contribution in [2.45, 2.75) is 6.18 Å². The van der Waals surface area contributed by atoms with E-state index in [0.29, 0.717) is 35.0 Å². The van der Waals surface area contributed by atoms with E-state index in [2.05, 4.69) is 24.3 Å². The number of nitrogen functional groups attached to an aromatic ring is 1. The molecular weight excluding hydrogens is 662 g/mol. The van der Waals surface area contributed by atoms with Gasteiger partial charge in [0.05, 0.1) is 16.8 Å². The van der Waals surface area contributed by atoms with Crippen molar-refractivity contribution < 1.29 is 55.0 Å². The first-order valence-corrected chi connectivity index (χ1v) is 9.45. The number of carbonyl (C=O) groups excluding carboxylic acids is 1. The summed E-state index contributed by atoms with van der Waals surface area (Å²) in [6.45, 7) is 3.88. The van der Waals surface area contributed by atoms with Gasteiger partial charge in [0.15, 0.2) is 5.82 Å². The van der Waals surface area contributed by atoms with Crippen molar-refractivity contribution in [3.63, 3.8) is 0 Å². The summed E-state index contributed by atoms with van der Waals surface area (Å²) in [4.78, 5) is 11.4. The first-order chi connectivity index (χ1) is 14.5. The molecule has 0 fully saturated rings. The van der Waals surface area contributed by atoms with Gasteiger partial charge in [0.2, 0.25) is 5.91 Å². The molecule has 1 radical (unpaired) electrons. The van der Waals surface area contributed by atoms with Crippen LogP contribution in [0.5, 0.6) is 0 Å². The van der Waals surface area contributed by atoms with Crippen LogP contribution in [0.3, 0.4) is 0 Å². The van der Waals surface area contributed by atoms with E-state index in [1.165, 1.54) is 29.3 Å². The summed E-state index contributed by atoms with van der Waals surface area (Å²) in [7, 11) is 1.56. The number of fused-ring (bicyclic) bond motifs is 1. The van der Waals surface area contributed by atoms with Crippen LogP contribution in [-0.2, 0) is 23.5 Å². The van der Waals surface area contributed by atoms with Gasteiger partial charge < -0.3 is 35.8 Å². The molecule has 1 heterocycles. The summed E-state index contributed by atoms with van der Waals surface area (Å²) in [6.07, 6.45) is -4.43. The maximum atomic E-state index is 12.8. The predicted molar refractivity (Wildman–Crippen MR) is 117 cm³/mol. The Labute approximate surface area is 213 Å². The number of hydrogen-bond donors (Lipinski definition) is 3. The standard InChI is InChI=1S/C17H16F3N5O.C3H7OS.Pa/c1-24(23)16-14(21)12-8-9(15(22)26)2-7-13(12)25(16)11-5-3-10(4-6-11)17(18,19)20;1-2-4-3-5;/h2-8H,21,23H2,1H3,(H2,22,26);5H,1-3H2;/q;-1;/p-1. The second-order valence-electron chi connectivity index (χ2n) is 6.35. The minimum Gasteiger partial charge on any atom is -0.765 e. The molecular formula is C20H22F3N5O2PaS-2. The molecule has 0 aliphatic heterocycles. The molecule has 0 saturated heterocycles. The molecule has 0 aliphatic carbocycles. The fourth-order valence-corrected chi connectivity index (χ4v) is 3.04. The monoisotopic (exact) mass is 684 g/mol. The van der Waals surface area contributed by atoms with Crippen molar-refractivity contribution in [1.82, 2.24) is 4.57 Å². The zero-order valence-electron chi connectivity index (χ0n) is 17.2. The van der Waals surface area contributed by atoms with Gasteiger partial charge in [-0.1, -0.05) is 12.5 Å². The molecule has 1 amide bonds. The average Bonchev–Trinajstić information content (AvgIpc) is 3.00. The largest absolute Gasteiger partial charge is 0.765 e. The topological polar surface area (TPSA) is 113 Å². The van der Waals surface area contributed by atoms with Gasteiger partial charge in [0, 0.05) is 56.0 Å². The van der Waals surface area contributed by atoms with Crippen LogP contribution >= 0.6 is 0 Å². The molecule has 2 aromatic carbocycles. The van der Waals surface area contributed by atoms with Gasteiger partial charge in [0.1, 0.15) is 0 Å². The van der Waals surface area contributed by atoms with E-state index in [9.17, 15) is 18.0 Å². The van der Waals surface area contributed by atoms with E-state index < -0.39 is 17.6 Å². The van der Waals surface area contributed by atoms with Crippen LogP contribution < -0.4 is 22.3 Å². The minimum absolute atomic E-state index is 0. The molecule has 12 heteroatoms. The van der Waals surface area contributed by atoms with Crippen LogP contribution in [0.15, 0.2) is 42.5 Å². The molecule has 3 rings (SSSR count). The fraction of sp³-hybridized carbons (Fsp3) is 0.200. The zero-order valence-corrected chi connectivity index (χ0v) is 22.8. The number of alkyl halides is 3. The molecule has 32 heavy (non-hydrogen) atoms. The summed E-state index contributed by atoms with van der Waals surface area (Å²) in [5.41, 5.74) is 12.3. The zero-order chi connectivity index (χ0) is 23.3. The predicted octanol–water partition coefficient (Wildman–Crippen LogP) is 2.98. The second kappa shape index (κ2) is 11.9. The molecule has 6 N–H and O–H groups in total. The van der Waals surface area contributed by atoms with E-state index in [-0.39, 0.29) is 43.6 Å². The SMILES string of the molecule is CN(N)c1c(N)c2cc(C(N)=O)ccc2n1-c1ccc(C(F)(F)F)cc1.[CH2-]COC[S-].[Pa]. The summed E-state index contributed by atoms with van der Waals surface area (Å²) < 4.78 is 44.6. The number of rotatable bonds is 5. The molecule has 0 unspecified atom stereocenters. The smallest absolute Gasteiger partial charge is 0.416 e. The molecule has 1 aromatic heterocycles. The van der Waals surface area contributed by atoms with Crippen LogP contribution in [-0.4, -0.2) is 30.1 Å². The van der Waals surface area contributed by atoms with Gasteiger partial charge in [-0.05, 0) is 42.5 Å². The number of amides is 1. The molecule has 171 valence electrons.